The van der Waals surface area contributed by atoms with Gasteiger partial charge in [-0.25, -0.2) is 8.78 Å². The Balaban J connectivity index is 1.37. The molecule has 4 saturated carbocycles. The van der Waals surface area contributed by atoms with Crippen molar-refractivity contribution in [1.82, 2.24) is 5.32 Å². The summed E-state index contributed by atoms with van der Waals surface area (Å²) in [7, 11) is 0. The maximum absolute atomic E-state index is 15.3. The molecule has 6 rings (SSSR count). The van der Waals surface area contributed by atoms with Crippen LogP contribution in [-0.4, -0.2) is 17.4 Å². The van der Waals surface area contributed by atoms with Crippen molar-refractivity contribution in [1.29, 1.82) is 0 Å². The highest BCUT2D eigenvalue weighted by Gasteiger charge is 2.58. The molecule has 2 aromatic carbocycles. The first-order valence-electron chi connectivity index (χ1n) is 12.0. The summed E-state index contributed by atoms with van der Waals surface area (Å²) in [6.45, 7) is 3.68. The van der Waals surface area contributed by atoms with Crippen LogP contribution in [0.5, 0.6) is 0 Å². The summed E-state index contributed by atoms with van der Waals surface area (Å²) in [5, 5.41) is 5.11. The first kappa shape index (κ1) is 23.8. The van der Waals surface area contributed by atoms with Crippen molar-refractivity contribution in [3.63, 3.8) is 0 Å². The summed E-state index contributed by atoms with van der Waals surface area (Å²) in [5.74, 6) is -7.36. The molecule has 0 spiro atoms. The van der Waals surface area contributed by atoms with Gasteiger partial charge in [-0.3, -0.25) is 9.59 Å². The second-order valence-corrected chi connectivity index (χ2v) is 11.2. The molecule has 2 aromatic rings. The van der Waals surface area contributed by atoms with E-state index >= 15 is 8.78 Å². The number of hydrogen-bond acceptors (Lipinski definition) is 2. The summed E-state index contributed by atoms with van der Waals surface area (Å²) in [6, 6.07) is 6.43. The Morgan fingerprint density at radius 2 is 1.63 bits per heavy atom. The zero-order valence-corrected chi connectivity index (χ0v) is 19.7. The van der Waals surface area contributed by atoms with Crippen molar-refractivity contribution in [2.75, 3.05) is 5.32 Å². The van der Waals surface area contributed by atoms with E-state index in [1.807, 2.05) is 0 Å². The Kier molecular flexibility index (Phi) is 5.49. The van der Waals surface area contributed by atoms with E-state index in [-0.39, 0.29) is 16.7 Å². The van der Waals surface area contributed by atoms with Gasteiger partial charge in [0.2, 0.25) is 0 Å². The van der Waals surface area contributed by atoms with Gasteiger partial charge in [-0.2, -0.15) is 8.78 Å². The molecule has 0 heterocycles. The van der Waals surface area contributed by atoms with Crippen LogP contribution >= 0.6 is 0 Å². The molecule has 186 valence electrons. The Morgan fingerprint density at radius 1 is 0.971 bits per heavy atom. The lowest BCUT2D eigenvalue weighted by Gasteiger charge is -2.61. The van der Waals surface area contributed by atoms with Crippen LogP contribution in [0.15, 0.2) is 36.4 Å². The van der Waals surface area contributed by atoms with Gasteiger partial charge in [-0.05, 0) is 105 Å². The molecule has 0 radical (unpaired) electrons. The van der Waals surface area contributed by atoms with Gasteiger partial charge >= 0.3 is 5.92 Å². The predicted molar refractivity (Wildman–Crippen MR) is 123 cm³/mol. The normalized spacial score (nSPS) is 29.2. The van der Waals surface area contributed by atoms with E-state index in [1.54, 1.807) is 0 Å². The minimum Gasteiger partial charge on any atom is -0.345 e. The predicted octanol–water partition coefficient (Wildman–Crippen LogP) is 6.09. The quantitative estimate of drug-likeness (QED) is 0.500. The molecule has 0 aliphatic heterocycles. The Labute approximate surface area is 201 Å². The third kappa shape index (κ3) is 4.32. The minimum atomic E-state index is -4.16. The smallest absolute Gasteiger partial charge is 0.345 e. The van der Waals surface area contributed by atoms with Gasteiger partial charge in [0.1, 0.15) is 11.6 Å². The van der Waals surface area contributed by atoms with E-state index in [0.717, 1.165) is 31.4 Å². The van der Waals surface area contributed by atoms with Crippen LogP contribution in [0.2, 0.25) is 0 Å². The molecular weight excluding hydrogens is 460 g/mol. The first-order valence-corrected chi connectivity index (χ1v) is 12.0. The Morgan fingerprint density at radius 3 is 2.26 bits per heavy atom. The average molecular weight is 489 g/mol. The SMILES string of the molecule is Cc1cc(NC(=O)c2ccc(F)c(C(F)(F)C(=O)NC34CC5CC(CC(C)(C5)C3)C4)c2)ccc1F. The van der Waals surface area contributed by atoms with E-state index in [2.05, 4.69) is 17.6 Å². The topological polar surface area (TPSA) is 58.2 Å². The molecule has 2 N–H and O–H groups in total. The number of benzene rings is 2. The Bertz CT molecular complexity index is 1200. The van der Waals surface area contributed by atoms with Crippen molar-refractivity contribution >= 4 is 17.5 Å². The van der Waals surface area contributed by atoms with Gasteiger partial charge in [-0.15, -0.1) is 0 Å². The van der Waals surface area contributed by atoms with Crippen molar-refractivity contribution < 1.29 is 27.2 Å². The monoisotopic (exact) mass is 488 g/mol. The summed E-state index contributed by atoms with van der Waals surface area (Å²) in [5.41, 5.74) is -1.48. The highest BCUT2D eigenvalue weighted by molar-refractivity contribution is 6.04. The molecule has 0 saturated heterocycles. The number of rotatable bonds is 5. The number of carbonyl (C=O) groups excluding carboxylic acids is 2. The number of amides is 2. The second-order valence-electron chi connectivity index (χ2n) is 11.2. The lowest BCUT2D eigenvalue weighted by molar-refractivity contribution is -0.155. The van der Waals surface area contributed by atoms with Crippen LogP contribution in [0.3, 0.4) is 0 Å². The van der Waals surface area contributed by atoms with Crippen LogP contribution < -0.4 is 10.6 Å². The van der Waals surface area contributed by atoms with Crippen LogP contribution in [0.25, 0.3) is 0 Å². The fourth-order valence-corrected chi connectivity index (χ4v) is 7.14. The van der Waals surface area contributed by atoms with Crippen LogP contribution in [0.4, 0.5) is 23.2 Å². The van der Waals surface area contributed by atoms with E-state index in [9.17, 15) is 18.4 Å². The summed E-state index contributed by atoms with van der Waals surface area (Å²) >= 11 is 0. The Hall–Kier alpha value is -2.90. The average Bonchev–Trinajstić information content (AvgIpc) is 2.74. The van der Waals surface area contributed by atoms with Gasteiger partial charge in [0.05, 0.1) is 5.56 Å². The van der Waals surface area contributed by atoms with Crippen LogP contribution in [0.1, 0.15) is 66.9 Å². The van der Waals surface area contributed by atoms with Gasteiger partial charge in [-0.1, -0.05) is 6.92 Å². The zero-order valence-electron chi connectivity index (χ0n) is 19.7. The van der Waals surface area contributed by atoms with Crippen molar-refractivity contribution in [3.8, 4) is 0 Å². The molecule has 4 aliphatic rings. The highest BCUT2D eigenvalue weighted by atomic mass is 19.3. The number of carbonyl (C=O) groups is 2. The highest BCUT2D eigenvalue weighted by Crippen LogP contribution is 2.61. The van der Waals surface area contributed by atoms with Crippen LogP contribution in [0, 0.1) is 35.8 Å². The van der Waals surface area contributed by atoms with E-state index < -0.39 is 40.5 Å². The third-order valence-electron chi connectivity index (χ3n) is 8.00. The molecule has 0 aromatic heterocycles. The summed E-state index contributed by atoms with van der Waals surface area (Å²) < 4.78 is 58.7. The summed E-state index contributed by atoms with van der Waals surface area (Å²) in [6.07, 6.45) is 5.17. The molecule has 4 aliphatic carbocycles. The van der Waals surface area contributed by atoms with Gasteiger partial charge in [0, 0.05) is 16.8 Å². The lowest BCUT2D eigenvalue weighted by atomic mass is 9.47. The maximum atomic E-state index is 15.3. The molecule has 4 fully saturated rings. The van der Waals surface area contributed by atoms with E-state index in [4.69, 9.17) is 0 Å². The van der Waals surface area contributed by atoms with E-state index in [0.29, 0.717) is 42.7 Å². The molecule has 8 heteroatoms. The molecule has 2 atom stereocenters. The third-order valence-corrected chi connectivity index (χ3v) is 8.00. The van der Waals surface area contributed by atoms with Crippen molar-refractivity contribution in [2.45, 2.75) is 63.8 Å². The van der Waals surface area contributed by atoms with Crippen LogP contribution in [-0.2, 0) is 10.7 Å². The lowest BCUT2D eigenvalue weighted by Crippen LogP contribution is -2.64. The molecule has 4 nitrogen and oxygen atoms in total. The van der Waals surface area contributed by atoms with Gasteiger partial charge in [0.15, 0.2) is 0 Å². The van der Waals surface area contributed by atoms with Gasteiger partial charge < -0.3 is 10.6 Å². The number of nitrogens with one attached hydrogen (secondary N) is 2. The number of anilines is 1. The fourth-order valence-electron chi connectivity index (χ4n) is 7.14. The molecule has 2 amide bonds. The largest absolute Gasteiger partial charge is 0.352 e. The number of aryl methyl sites for hydroxylation is 1. The summed E-state index contributed by atoms with van der Waals surface area (Å²) in [4.78, 5) is 25.5. The minimum absolute atomic E-state index is 0.0363. The molecule has 2 unspecified atom stereocenters. The fraction of sp³-hybridized carbons (Fsp3) is 0.481. The van der Waals surface area contributed by atoms with E-state index in [1.165, 1.54) is 25.1 Å². The zero-order chi connectivity index (χ0) is 25.2. The number of halogens is 4. The molecular formula is C27H28F4N2O2. The second kappa shape index (κ2) is 8.07. The number of hydrogen-bond donors (Lipinski definition) is 2. The maximum Gasteiger partial charge on any atom is 0.352 e. The van der Waals surface area contributed by atoms with Gasteiger partial charge in [0.25, 0.3) is 11.8 Å². The van der Waals surface area contributed by atoms with Crippen molar-refractivity contribution in [2.24, 2.45) is 17.3 Å². The molecule has 4 bridgehead atoms. The van der Waals surface area contributed by atoms with Crippen molar-refractivity contribution in [3.05, 3.63) is 64.7 Å². The number of alkyl halides is 2. The molecule has 35 heavy (non-hydrogen) atoms. The standard InChI is InChI=1S/C27H28F4N2O2/c1-15-7-19(4-6-21(15)28)32-23(34)18-3-5-22(29)20(9-18)27(30,31)24(35)33-26-12-16-8-17(13-26)11-25(2,10-16)14-26/h3-7,9,16-17H,8,10-14H2,1-2H3,(H,32,34)(H,33,35). The first-order chi connectivity index (χ1) is 16.4.